The highest BCUT2D eigenvalue weighted by atomic mass is 79.9. The largest absolute Gasteiger partial charge is 0.294 e. The number of allylic oxidation sites excluding steroid dienone is 2. The highest BCUT2D eigenvalue weighted by molar-refractivity contribution is 9.10. The molecule has 0 saturated carbocycles. The van der Waals surface area contributed by atoms with Crippen molar-refractivity contribution in [1.29, 1.82) is 0 Å². The van der Waals surface area contributed by atoms with Crippen molar-refractivity contribution in [2.75, 3.05) is 0 Å². The summed E-state index contributed by atoms with van der Waals surface area (Å²) in [6, 6.07) is 3.86. The van der Waals surface area contributed by atoms with E-state index < -0.39 is 5.92 Å². The summed E-state index contributed by atoms with van der Waals surface area (Å²) < 4.78 is 0.970. The quantitative estimate of drug-likeness (QED) is 0.741. The summed E-state index contributed by atoms with van der Waals surface area (Å²) in [5.41, 5.74) is 2.80. The minimum absolute atomic E-state index is 0.112. The number of hydrogen-bond acceptors (Lipinski definition) is 2. The molecule has 16 heavy (non-hydrogen) atoms. The van der Waals surface area contributed by atoms with Gasteiger partial charge in [0, 0.05) is 4.47 Å². The van der Waals surface area contributed by atoms with E-state index in [-0.39, 0.29) is 11.6 Å². The Bertz CT molecular complexity index is 474. The van der Waals surface area contributed by atoms with Crippen LogP contribution >= 0.6 is 15.9 Å². The molecule has 0 heterocycles. The predicted molar refractivity (Wildman–Crippen MR) is 65.5 cm³/mol. The van der Waals surface area contributed by atoms with E-state index in [0.717, 1.165) is 21.2 Å². The molecule has 0 aromatic heterocycles. The number of carbonyl (C=O) groups is 2. The Morgan fingerprint density at radius 3 is 1.88 bits per heavy atom. The fraction of sp³-hybridized carbons (Fsp3) is 0.231. The van der Waals surface area contributed by atoms with E-state index >= 15 is 0 Å². The second-order valence-corrected chi connectivity index (χ2v) is 4.94. The molecule has 1 aromatic rings. The molecule has 0 atom stereocenters. The lowest BCUT2D eigenvalue weighted by atomic mass is 9.88. The molecule has 0 N–H and O–H groups in total. The van der Waals surface area contributed by atoms with Gasteiger partial charge in [-0.05, 0) is 54.8 Å². The van der Waals surface area contributed by atoms with Crippen LogP contribution in [-0.2, 0) is 9.59 Å². The van der Waals surface area contributed by atoms with Crippen LogP contribution in [0.25, 0.3) is 0 Å². The zero-order valence-corrected chi connectivity index (χ0v) is 10.7. The fourth-order valence-electron chi connectivity index (χ4n) is 2.16. The van der Waals surface area contributed by atoms with Crippen LogP contribution in [0.4, 0.5) is 0 Å². The first kappa shape index (κ1) is 11.3. The topological polar surface area (TPSA) is 34.1 Å². The Labute approximate surface area is 102 Å². The van der Waals surface area contributed by atoms with Gasteiger partial charge in [0.25, 0.3) is 0 Å². The van der Waals surface area contributed by atoms with Crippen molar-refractivity contribution < 1.29 is 9.59 Å². The van der Waals surface area contributed by atoms with Crippen molar-refractivity contribution in [1.82, 2.24) is 0 Å². The lowest BCUT2D eigenvalue weighted by Gasteiger charge is -2.14. The SMILES string of the molecule is Cc1cc(Br)cc(C)c1C1C(=O)C=CC1=O. The molecule has 82 valence electrons. The Kier molecular flexibility index (Phi) is 2.80. The summed E-state index contributed by atoms with van der Waals surface area (Å²) in [6.45, 7) is 3.85. The summed E-state index contributed by atoms with van der Waals surface area (Å²) in [5.74, 6) is -0.842. The van der Waals surface area contributed by atoms with E-state index in [2.05, 4.69) is 15.9 Å². The lowest BCUT2D eigenvalue weighted by molar-refractivity contribution is -0.122. The summed E-state index contributed by atoms with van der Waals surface area (Å²) in [4.78, 5) is 23.3. The van der Waals surface area contributed by atoms with Crippen molar-refractivity contribution in [2.24, 2.45) is 0 Å². The van der Waals surface area contributed by atoms with Gasteiger partial charge in [0.2, 0.25) is 0 Å². The van der Waals surface area contributed by atoms with Crippen molar-refractivity contribution in [3.63, 3.8) is 0 Å². The molecule has 0 fully saturated rings. The van der Waals surface area contributed by atoms with Crippen LogP contribution in [0.5, 0.6) is 0 Å². The highest BCUT2D eigenvalue weighted by Crippen LogP contribution is 2.31. The minimum Gasteiger partial charge on any atom is -0.294 e. The normalized spacial score (nSPS) is 16.2. The molecule has 3 heteroatoms. The molecule has 0 spiro atoms. The van der Waals surface area contributed by atoms with Crippen molar-refractivity contribution in [2.45, 2.75) is 19.8 Å². The van der Waals surface area contributed by atoms with Gasteiger partial charge in [-0.25, -0.2) is 0 Å². The van der Waals surface area contributed by atoms with E-state index in [1.807, 2.05) is 26.0 Å². The summed E-state index contributed by atoms with van der Waals surface area (Å²) in [7, 11) is 0. The van der Waals surface area contributed by atoms with Crippen molar-refractivity contribution in [3.05, 3.63) is 45.4 Å². The summed E-state index contributed by atoms with van der Waals surface area (Å²) in [5, 5.41) is 0. The van der Waals surface area contributed by atoms with Crippen LogP contribution < -0.4 is 0 Å². The summed E-state index contributed by atoms with van der Waals surface area (Å²) >= 11 is 3.40. The van der Waals surface area contributed by atoms with Crippen LogP contribution in [0.3, 0.4) is 0 Å². The molecule has 1 aliphatic carbocycles. The third kappa shape index (κ3) is 1.76. The van der Waals surface area contributed by atoms with E-state index in [9.17, 15) is 9.59 Å². The van der Waals surface area contributed by atoms with E-state index in [1.165, 1.54) is 12.2 Å². The molecular formula is C13H11BrO2. The zero-order chi connectivity index (χ0) is 11.9. The molecule has 1 aromatic carbocycles. The third-order valence-corrected chi connectivity index (χ3v) is 3.29. The lowest BCUT2D eigenvalue weighted by Crippen LogP contribution is -2.15. The van der Waals surface area contributed by atoms with E-state index in [1.54, 1.807) is 0 Å². The molecule has 0 aliphatic heterocycles. The Morgan fingerprint density at radius 1 is 1.00 bits per heavy atom. The van der Waals surface area contributed by atoms with E-state index in [0.29, 0.717) is 0 Å². The van der Waals surface area contributed by atoms with Crippen molar-refractivity contribution >= 4 is 27.5 Å². The Balaban J connectivity index is 2.57. The maximum absolute atomic E-state index is 11.7. The van der Waals surface area contributed by atoms with Gasteiger partial charge in [-0.15, -0.1) is 0 Å². The molecule has 2 nitrogen and oxygen atoms in total. The number of aryl methyl sites for hydroxylation is 2. The molecular weight excluding hydrogens is 268 g/mol. The summed E-state index contributed by atoms with van der Waals surface area (Å²) in [6.07, 6.45) is 2.74. The standard InChI is InChI=1S/C13H11BrO2/c1-7-5-9(14)6-8(2)12(7)13-10(15)3-4-11(13)16/h3-6,13H,1-2H3. The number of halogens is 1. The minimum atomic E-state index is -0.618. The van der Waals surface area contributed by atoms with Gasteiger partial charge < -0.3 is 0 Å². The zero-order valence-electron chi connectivity index (χ0n) is 9.08. The van der Waals surface area contributed by atoms with Gasteiger partial charge in [0.05, 0.1) is 0 Å². The molecule has 2 rings (SSSR count). The third-order valence-electron chi connectivity index (χ3n) is 2.83. The number of ketones is 2. The molecule has 0 saturated heterocycles. The Morgan fingerprint density at radius 2 is 1.44 bits per heavy atom. The maximum Gasteiger partial charge on any atom is 0.171 e. The average molecular weight is 279 g/mol. The van der Waals surface area contributed by atoms with Gasteiger partial charge in [0.15, 0.2) is 11.6 Å². The van der Waals surface area contributed by atoms with Crippen LogP contribution in [0.2, 0.25) is 0 Å². The number of hydrogen-bond donors (Lipinski definition) is 0. The number of benzene rings is 1. The Hall–Kier alpha value is -1.22. The van der Waals surface area contributed by atoms with Crippen LogP contribution in [0.1, 0.15) is 22.6 Å². The highest BCUT2D eigenvalue weighted by Gasteiger charge is 2.31. The maximum atomic E-state index is 11.7. The van der Waals surface area contributed by atoms with Crippen LogP contribution in [0.15, 0.2) is 28.8 Å². The molecule has 0 radical (unpaired) electrons. The second-order valence-electron chi connectivity index (χ2n) is 4.02. The fourth-order valence-corrected chi connectivity index (χ4v) is 2.85. The molecule has 0 amide bonds. The van der Waals surface area contributed by atoms with E-state index in [4.69, 9.17) is 0 Å². The second kappa shape index (κ2) is 3.98. The molecule has 1 aliphatic rings. The van der Waals surface area contributed by atoms with Crippen LogP contribution in [-0.4, -0.2) is 11.6 Å². The first-order valence-corrected chi connectivity index (χ1v) is 5.82. The predicted octanol–water partition coefficient (Wildman–Crippen LogP) is 2.86. The van der Waals surface area contributed by atoms with Gasteiger partial charge in [-0.1, -0.05) is 15.9 Å². The molecule has 0 bridgehead atoms. The van der Waals surface area contributed by atoms with Gasteiger partial charge in [-0.2, -0.15) is 0 Å². The number of carbonyl (C=O) groups excluding carboxylic acids is 2. The van der Waals surface area contributed by atoms with Crippen molar-refractivity contribution in [3.8, 4) is 0 Å². The first-order chi connectivity index (χ1) is 7.50. The number of rotatable bonds is 1. The van der Waals surface area contributed by atoms with Crippen LogP contribution in [0, 0.1) is 13.8 Å². The van der Waals surface area contributed by atoms with Gasteiger partial charge in [0.1, 0.15) is 5.92 Å². The van der Waals surface area contributed by atoms with Gasteiger partial charge >= 0.3 is 0 Å². The first-order valence-electron chi connectivity index (χ1n) is 5.03. The van der Waals surface area contributed by atoms with Gasteiger partial charge in [-0.3, -0.25) is 9.59 Å². The smallest absolute Gasteiger partial charge is 0.171 e. The monoisotopic (exact) mass is 278 g/mol. The average Bonchev–Trinajstić information content (AvgIpc) is 2.47. The molecule has 0 unspecified atom stereocenters.